The Hall–Kier alpha value is -2.30. The average Bonchev–Trinajstić information content (AvgIpc) is 3.39. The van der Waals surface area contributed by atoms with E-state index in [0.717, 1.165) is 6.42 Å². The molecule has 0 unspecified atom stereocenters. The van der Waals surface area contributed by atoms with E-state index in [2.05, 4.69) is 129 Å². The fraction of sp³-hybridized carbons (Fsp3) is 0.0741. The summed E-state index contributed by atoms with van der Waals surface area (Å²) in [5.41, 5.74) is 0. The molecule has 0 bridgehead atoms. The number of rotatable bonds is 3. The van der Waals surface area contributed by atoms with Crippen LogP contribution in [0, 0.1) is 37.8 Å². The largest absolute Gasteiger partial charge is 0.999 e. The third-order valence-corrected chi connectivity index (χ3v) is 6.27. The summed E-state index contributed by atoms with van der Waals surface area (Å²) in [6.45, 7) is 10.0. The molecule has 0 aliphatic rings. The molecule has 0 amide bonds. The topological polar surface area (TPSA) is 19.9 Å². The van der Waals surface area contributed by atoms with Gasteiger partial charge >= 0.3 is 11.3 Å². The van der Waals surface area contributed by atoms with Gasteiger partial charge in [-0.05, 0) is 36.4 Å². The van der Waals surface area contributed by atoms with Crippen molar-refractivity contribution in [1.29, 1.82) is 0 Å². The summed E-state index contributed by atoms with van der Waals surface area (Å²) < 4.78 is 7.50. The molecule has 0 atom stereocenters. The Labute approximate surface area is 193 Å². The van der Waals surface area contributed by atoms with Gasteiger partial charge in [-0.25, -0.2) is 0 Å². The molecule has 4 aromatic carbocycles. The molecule has 0 spiro atoms. The first kappa shape index (κ1) is 27.7. The summed E-state index contributed by atoms with van der Waals surface area (Å²) in [5.74, 6) is 0. The van der Waals surface area contributed by atoms with Gasteiger partial charge in [-0.2, -0.15) is 6.42 Å². The molecule has 0 aliphatic heterocycles. The summed E-state index contributed by atoms with van der Waals surface area (Å²) in [6.07, 6.45) is 1.00. The van der Waals surface area contributed by atoms with Crippen molar-refractivity contribution in [3.05, 3.63) is 135 Å². The fourth-order valence-electron chi connectivity index (χ4n) is 2.49. The summed E-state index contributed by atoms with van der Waals surface area (Å²) in [7, 11) is -0.877. The molecule has 0 fully saturated rings. The third kappa shape index (κ3) is 10.5. The van der Waals surface area contributed by atoms with Crippen LogP contribution < -0.4 is 15.9 Å². The predicted molar refractivity (Wildman–Crippen MR) is 123 cm³/mol. The van der Waals surface area contributed by atoms with Gasteiger partial charge in [0.15, 0.2) is 0 Å². The van der Waals surface area contributed by atoms with Gasteiger partial charge in [-0.3, -0.25) is 0 Å². The molecule has 0 radical (unpaired) electrons. The maximum atomic E-state index is 7.50. The third-order valence-electron chi connectivity index (χ3n) is 3.54. The Morgan fingerprint density at radius 1 is 0.733 bits per heavy atom. The van der Waals surface area contributed by atoms with Gasteiger partial charge in [-0.1, -0.05) is 61.5 Å². The Morgan fingerprint density at radius 2 is 1.00 bits per heavy atom. The first-order valence-corrected chi connectivity index (χ1v) is 10.7. The van der Waals surface area contributed by atoms with E-state index >= 15 is 0 Å². The minimum absolute atomic E-state index is 0. The van der Waals surface area contributed by atoms with E-state index in [4.69, 9.17) is 4.65 Å². The second-order valence-corrected chi connectivity index (χ2v) is 8.14. The van der Waals surface area contributed by atoms with Crippen molar-refractivity contribution in [1.82, 2.24) is 0 Å². The molecule has 0 heterocycles. The molecular formula is C27H24FeOP-5. The zero-order valence-corrected chi connectivity index (χ0v) is 19.0. The van der Waals surface area contributed by atoms with Crippen LogP contribution in [0.5, 0.6) is 0 Å². The minimum atomic E-state index is -0.877. The zero-order valence-electron chi connectivity index (χ0n) is 16.9. The first-order valence-electron chi connectivity index (χ1n) is 9.22. The van der Waals surface area contributed by atoms with E-state index in [9.17, 15) is 0 Å². The van der Waals surface area contributed by atoms with Gasteiger partial charge in [-0.15, -0.1) is 0 Å². The second-order valence-electron chi connectivity index (χ2n) is 5.66. The van der Waals surface area contributed by atoms with Gasteiger partial charge in [0, 0.05) is 17.1 Å². The van der Waals surface area contributed by atoms with Crippen LogP contribution >= 0.6 is 7.92 Å². The van der Waals surface area contributed by atoms with Crippen molar-refractivity contribution in [2.45, 2.75) is 13.3 Å². The zero-order chi connectivity index (χ0) is 21.2. The van der Waals surface area contributed by atoms with Gasteiger partial charge < -0.3 is 37.3 Å². The van der Waals surface area contributed by atoms with Crippen molar-refractivity contribution in [3.8, 4) is 0 Å². The standard InChI is InChI=1S/C18H15P.C5H.C3H7.CO.Fe/c1-4-10-16(11-5-1)19(17-12-6-2-7-13-17)18-14-8-3-9-15-18;1-2-4-5-3-1;1-3-2;1-2;/h1-15H;1H;1,3H2,2H3;;/q;-5;-1;;/p+1. The van der Waals surface area contributed by atoms with Gasteiger partial charge in [0.2, 0.25) is 0 Å². The molecule has 0 aliphatic carbocycles. The Bertz CT molecular complexity index is 749. The van der Waals surface area contributed by atoms with E-state index in [-0.39, 0.29) is 17.1 Å². The van der Waals surface area contributed by atoms with E-state index in [1.54, 1.807) is 6.07 Å². The summed E-state index contributed by atoms with van der Waals surface area (Å²) in [4.78, 5) is 0. The van der Waals surface area contributed by atoms with Crippen LogP contribution in [-0.4, -0.2) is 0 Å². The normalized spacial score (nSPS) is 8.70. The maximum Gasteiger partial charge on any atom is 0.102 e. The van der Waals surface area contributed by atoms with E-state index in [0.29, 0.717) is 0 Å². The van der Waals surface area contributed by atoms with Gasteiger partial charge in [0.05, 0.1) is 7.92 Å². The molecule has 4 rings (SSSR count). The van der Waals surface area contributed by atoms with Crippen molar-refractivity contribution in [2.24, 2.45) is 0 Å². The van der Waals surface area contributed by atoms with Crippen LogP contribution in [0.15, 0.2) is 97.1 Å². The van der Waals surface area contributed by atoms with E-state index in [1.165, 1.54) is 15.9 Å². The molecule has 0 aromatic heterocycles. The first-order chi connectivity index (χ1) is 14.4. The number of benzene rings is 3. The molecule has 4 aromatic rings. The van der Waals surface area contributed by atoms with E-state index < -0.39 is 7.92 Å². The number of hydrogen-bond donors (Lipinski definition) is 0. The van der Waals surface area contributed by atoms with Crippen molar-refractivity contribution >= 4 is 23.8 Å². The second kappa shape index (κ2) is 18.7. The Morgan fingerprint density at radius 3 is 1.20 bits per heavy atom. The molecule has 0 saturated carbocycles. The van der Waals surface area contributed by atoms with Gasteiger partial charge in [0.1, 0.15) is 15.9 Å². The van der Waals surface area contributed by atoms with Crippen LogP contribution in [-0.2, 0) is 21.7 Å². The SMILES string of the molecule is [C-]#[O+].[CH2-]CC.[Fe].[c-]1[c-][c-][cH-][c-]1.c1ccc([PH+](c2ccccc2)c2ccccc2)cc1. The molecule has 1 nitrogen and oxygen atoms in total. The maximum absolute atomic E-state index is 7.50. The molecular weight excluding hydrogens is 427 g/mol. The molecule has 0 N–H and O–H groups in total. The smallest absolute Gasteiger partial charge is 0.102 e. The monoisotopic (exact) mass is 451 g/mol. The van der Waals surface area contributed by atoms with Crippen LogP contribution in [0.4, 0.5) is 0 Å². The average molecular weight is 451 g/mol. The molecule has 0 saturated heterocycles. The van der Waals surface area contributed by atoms with E-state index in [1.807, 2.05) is 6.92 Å². The van der Waals surface area contributed by atoms with Crippen LogP contribution in [0.1, 0.15) is 13.3 Å². The quantitative estimate of drug-likeness (QED) is 0.181. The predicted octanol–water partition coefficient (Wildman–Crippen LogP) is 4.97. The fourth-order valence-corrected chi connectivity index (χ4v) is 5.07. The van der Waals surface area contributed by atoms with Crippen molar-refractivity contribution in [3.63, 3.8) is 0 Å². The Kier molecular flexibility index (Phi) is 17.3. The molecule has 30 heavy (non-hydrogen) atoms. The van der Waals surface area contributed by atoms with Crippen LogP contribution in [0.2, 0.25) is 0 Å². The van der Waals surface area contributed by atoms with Crippen molar-refractivity contribution < 1.29 is 21.7 Å². The molecule has 156 valence electrons. The van der Waals surface area contributed by atoms with Crippen LogP contribution in [0.3, 0.4) is 0 Å². The summed E-state index contributed by atoms with van der Waals surface area (Å²) >= 11 is 0. The van der Waals surface area contributed by atoms with Crippen molar-refractivity contribution in [2.75, 3.05) is 0 Å². The summed E-state index contributed by atoms with van der Waals surface area (Å²) in [5, 5.41) is 4.31. The Balaban J connectivity index is 0.000000643. The molecule has 3 heteroatoms. The summed E-state index contributed by atoms with van der Waals surface area (Å²) in [6, 6.07) is 44.5. The number of hydrogen-bond acceptors (Lipinski definition) is 0. The minimum Gasteiger partial charge on any atom is -0.999 e. The van der Waals surface area contributed by atoms with Crippen LogP contribution in [0.25, 0.3) is 0 Å². The van der Waals surface area contributed by atoms with Gasteiger partial charge in [0.25, 0.3) is 0 Å².